The Balaban J connectivity index is 0.000000444. The molecular formula is C30H26F3N7O5. The summed E-state index contributed by atoms with van der Waals surface area (Å²) in [7, 11) is 1.59. The van der Waals surface area contributed by atoms with Crippen molar-refractivity contribution in [2.24, 2.45) is 7.05 Å². The van der Waals surface area contributed by atoms with E-state index < -0.39 is 29.4 Å². The third-order valence-electron chi connectivity index (χ3n) is 7.15. The number of piperazine rings is 1. The van der Waals surface area contributed by atoms with E-state index in [4.69, 9.17) is 10.2 Å². The maximum Gasteiger partial charge on any atom is 0.418 e. The number of hydrogen-bond acceptors (Lipinski definition) is 8. The SMILES string of the molecule is Cn1c(=O)n(-c2ccc(N3CCNCC3)c(C(F)(F)F)c2)c2c3cc(-c4cncnc4)ccc3ncc21.O=C(O)C=CC(=O)O. The second-order valence-electron chi connectivity index (χ2n) is 9.97. The van der Waals surface area contributed by atoms with Gasteiger partial charge in [-0.05, 0) is 35.9 Å². The number of carbonyl (C=O) groups is 2. The summed E-state index contributed by atoms with van der Waals surface area (Å²) < 4.78 is 45.5. The molecule has 4 heterocycles. The first kappa shape index (κ1) is 30.9. The van der Waals surface area contributed by atoms with E-state index in [1.54, 1.807) is 36.6 Å². The van der Waals surface area contributed by atoms with Crippen LogP contribution in [0.25, 0.3) is 38.8 Å². The number of imidazole rings is 1. The quantitative estimate of drug-likeness (QED) is 0.249. The maximum absolute atomic E-state index is 14.3. The molecular weight excluding hydrogens is 595 g/mol. The lowest BCUT2D eigenvalue weighted by Gasteiger charge is -2.31. The Labute approximate surface area is 252 Å². The molecule has 1 fully saturated rings. The van der Waals surface area contributed by atoms with Crippen molar-refractivity contribution in [2.75, 3.05) is 31.1 Å². The number of halogens is 3. The third-order valence-corrected chi connectivity index (χ3v) is 7.15. The molecule has 0 unspecified atom stereocenters. The molecule has 232 valence electrons. The lowest BCUT2D eigenvalue weighted by Crippen LogP contribution is -2.44. The fraction of sp³-hybridized carbons (Fsp3) is 0.200. The van der Waals surface area contributed by atoms with Crippen LogP contribution >= 0.6 is 0 Å². The molecule has 15 heteroatoms. The first-order valence-corrected chi connectivity index (χ1v) is 13.5. The molecule has 2 aromatic carbocycles. The van der Waals surface area contributed by atoms with E-state index in [9.17, 15) is 27.6 Å². The number of carboxylic acid groups (broad SMARTS) is 2. The summed E-state index contributed by atoms with van der Waals surface area (Å²) in [4.78, 5) is 46.9. The smallest absolute Gasteiger partial charge is 0.418 e. The monoisotopic (exact) mass is 621 g/mol. The van der Waals surface area contributed by atoms with Crippen LogP contribution in [0.3, 0.4) is 0 Å². The van der Waals surface area contributed by atoms with Gasteiger partial charge in [0.2, 0.25) is 0 Å². The number of aromatic nitrogens is 5. The zero-order chi connectivity index (χ0) is 32.3. The fourth-order valence-electron chi connectivity index (χ4n) is 5.08. The largest absolute Gasteiger partial charge is 0.478 e. The number of carboxylic acids is 2. The number of hydrogen-bond donors (Lipinski definition) is 3. The van der Waals surface area contributed by atoms with Crippen molar-refractivity contribution < 1.29 is 33.0 Å². The minimum atomic E-state index is -4.59. The molecule has 12 nitrogen and oxygen atoms in total. The summed E-state index contributed by atoms with van der Waals surface area (Å²) in [5, 5.41) is 19.4. The van der Waals surface area contributed by atoms with Crippen LogP contribution in [-0.2, 0) is 22.8 Å². The number of pyridine rings is 1. The minimum Gasteiger partial charge on any atom is -0.478 e. The van der Waals surface area contributed by atoms with Crippen molar-refractivity contribution in [3.05, 3.63) is 89.5 Å². The van der Waals surface area contributed by atoms with Crippen LogP contribution in [0.15, 0.2) is 78.3 Å². The molecule has 1 saturated heterocycles. The maximum atomic E-state index is 14.3. The van der Waals surface area contributed by atoms with Crippen LogP contribution < -0.4 is 15.9 Å². The number of nitrogens with zero attached hydrogens (tertiary/aromatic N) is 6. The summed E-state index contributed by atoms with van der Waals surface area (Å²) in [6.45, 7) is 2.16. The van der Waals surface area contributed by atoms with Gasteiger partial charge in [-0.15, -0.1) is 0 Å². The molecule has 1 aliphatic heterocycles. The van der Waals surface area contributed by atoms with Crippen molar-refractivity contribution in [3.8, 4) is 16.8 Å². The van der Waals surface area contributed by atoms with E-state index in [1.165, 1.54) is 21.5 Å². The van der Waals surface area contributed by atoms with Crippen LogP contribution in [0.5, 0.6) is 0 Å². The van der Waals surface area contributed by atoms with Gasteiger partial charge >= 0.3 is 23.8 Å². The standard InChI is InChI=1S/C26H22F3N7O.C4H4O4/c1-34-23-14-33-21-4-2-16(17-12-31-15-32-13-17)10-19(21)24(23)36(25(34)37)18-3-5-22(20(11-18)26(27,28)29)35-8-6-30-7-9-35;5-3(6)1-2-4(7)8/h2-5,10-15,30H,6-9H2,1H3;1-2H,(H,5,6)(H,7,8). The molecule has 0 amide bonds. The van der Waals surface area contributed by atoms with Gasteiger partial charge < -0.3 is 20.4 Å². The summed E-state index contributed by atoms with van der Waals surface area (Å²) in [5.41, 5.74) is 2.21. The molecule has 0 aliphatic carbocycles. The van der Waals surface area contributed by atoms with Crippen molar-refractivity contribution >= 4 is 39.6 Å². The first-order valence-electron chi connectivity index (χ1n) is 13.5. The average Bonchev–Trinajstić information content (AvgIpc) is 3.29. The summed E-state index contributed by atoms with van der Waals surface area (Å²) in [5.74, 6) is -2.51. The van der Waals surface area contributed by atoms with Crippen molar-refractivity contribution in [1.82, 2.24) is 29.4 Å². The van der Waals surface area contributed by atoms with Crippen LogP contribution in [0.1, 0.15) is 5.56 Å². The molecule has 0 saturated carbocycles. The molecule has 0 radical (unpaired) electrons. The van der Waals surface area contributed by atoms with E-state index in [0.717, 1.165) is 17.2 Å². The predicted octanol–water partition coefficient (Wildman–Crippen LogP) is 3.47. The van der Waals surface area contributed by atoms with Gasteiger partial charge in [0.1, 0.15) is 6.33 Å². The van der Waals surface area contributed by atoms with Gasteiger partial charge in [-0.2, -0.15) is 13.2 Å². The predicted molar refractivity (Wildman–Crippen MR) is 159 cm³/mol. The minimum absolute atomic E-state index is 0.115. The highest BCUT2D eigenvalue weighted by molar-refractivity contribution is 6.04. The molecule has 1 aliphatic rings. The van der Waals surface area contributed by atoms with Gasteiger partial charge in [-0.3, -0.25) is 14.1 Å². The van der Waals surface area contributed by atoms with Crippen LogP contribution in [0, 0.1) is 0 Å². The fourth-order valence-corrected chi connectivity index (χ4v) is 5.08. The van der Waals surface area contributed by atoms with Gasteiger partial charge in [0, 0.05) is 74.4 Å². The molecule has 0 atom stereocenters. The van der Waals surface area contributed by atoms with E-state index in [1.807, 2.05) is 18.2 Å². The summed E-state index contributed by atoms with van der Waals surface area (Å²) >= 11 is 0. The van der Waals surface area contributed by atoms with Crippen molar-refractivity contribution in [3.63, 3.8) is 0 Å². The second kappa shape index (κ2) is 12.6. The number of anilines is 1. The zero-order valence-electron chi connectivity index (χ0n) is 23.7. The molecule has 6 rings (SSSR count). The van der Waals surface area contributed by atoms with Gasteiger partial charge in [-0.1, -0.05) is 6.07 Å². The lowest BCUT2D eigenvalue weighted by molar-refractivity contribution is -0.137. The Hall–Kier alpha value is -5.57. The first-order chi connectivity index (χ1) is 21.5. The van der Waals surface area contributed by atoms with E-state index >= 15 is 0 Å². The number of rotatable bonds is 5. The number of aryl methyl sites for hydroxylation is 1. The van der Waals surface area contributed by atoms with Crippen LogP contribution in [-0.4, -0.2) is 72.4 Å². The summed E-state index contributed by atoms with van der Waals surface area (Å²) in [6, 6.07) is 9.65. The Morgan fingerprint density at radius 3 is 2.22 bits per heavy atom. The Morgan fingerprint density at radius 1 is 0.933 bits per heavy atom. The second-order valence-corrected chi connectivity index (χ2v) is 9.97. The Bertz CT molecular complexity index is 1970. The van der Waals surface area contributed by atoms with Crippen LogP contribution in [0.4, 0.5) is 18.9 Å². The van der Waals surface area contributed by atoms with Crippen molar-refractivity contribution in [1.29, 1.82) is 0 Å². The molecule has 45 heavy (non-hydrogen) atoms. The van der Waals surface area contributed by atoms with Crippen LogP contribution in [0.2, 0.25) is 0 Å². The Morgan fingerprint density at radius 2 is 1.60 bits per heavy atom. The van der Waals surface area contributed by atoms with E-state index in [0.29, 0.717) is 60.3 Å². The number of nitrogens with one attached hydrogen (secondary N) is 1. The van der Waals surface area contributed by atoms with Gasteiger partial charge in [0.15, 0.2) is 0 Å². The van der Waals surface area contributed by atoms with E-state index in [-0.39, 0.29) is 11.4 Å². The highest BCUT2D eigenvalue weighted by atomic mass is 19.4. The van der Waals surface area contributed by atoms with Crippen molar-refractivity contribution in [2.45, 2.75) is 6.18 Å². The van der Waals surface area contributed by atoms with Gasteiger partial charge in [-0.25, -0.2) is 24.4 Å². The zero-order valence-corrected chi connectivity index (χ0v) is 23.7. The number of fused-ring (bicyclic) bond motifs is 3. The average molecular weight is 622 g/mol. The molecule has 3 aromatic heterocycles. The lowest BCUT2D eigenvalue weighted by atomic mass is 10.0. The number of aliphatic carboxylic acids is 2. The normalized spacial score (nSPS) is 13.6. The van der Waals surface area contributed by atoms with Gasteiger partial charge in [0.25, 0.3) is 0 Å². The summed E-state index contributed by atoms with van der Waals surface area (Å²) in [6.07, 6.45) is 2.87. The van der Waals surface area contributed by atoms with E-state index in [2.05, 4.69) is 20.3 Å². The highest BCUT2D eigenvalue weighted by Crippen LogP contribution is 2.39. The number of benzene rings is 2. The molecule has 0 spiro atoms. The topological polar surface area (TPSA) is 155 Å². The molecule has 5 aromatic rings. The molecule has 3 N–H and O–H groups in total. The Kier molecular flexibility index (Phi) is 8.63. The van der Waals surface area contributed by atoms with Gasteiger partial charge in [0.05, 0.1) is 34.0 Å². The molecule has 0 bridgehead atoms. The number of alkyl halides is 3. The third kappa shape index (κ3) is 6.52. The highest BCUT2D eigenvalue weighted by Gasteiger charge is 2.36.